The Morgan fingerprint density at radius 1 is 0.889 bits per heavy atom. The van der Waals surface area contributed by atoms with Gasteiger partial charge in [0.1, 0.15) is 0 Å². The molecule has 18 heavy (non-hydrogen) atoms. The van der Waals surface area contributed by atoms with Gasteiger partial charge in [0, 0.05) is 12.0 Å². The van der Waals surface area contributed by atoms with Crippen LogP contribution in [0.4, 0.5) is 17.6 Å². The monoisotopic (exact) mass is 254 g/mol. The van der Waals surface area contributed by atoms with Crippen LogP contribution in [0.15, 0.2) is 36.4 Å². The van der Waals surface area contributed by atoms with Gasteiger partial charge in [-0.05, 0) is 22.8 Å². The molecule has 0 saturated heterocycles. The van der Waals surface area contributed by atoms with E-state index < -0.39 is 23.8 Å². The van der Waals surface area contributed by atoms with Crippen molar-refractivity contribution in [3.63, 3.8) is 0 Å². The number of rotatable bonds is 0. The number of alkyl halides is 4. The van der Waals surface area contributed by atoms with Gasteiger partial charge in [0.15, 0.2) is 0 Å². The predicted octanol–water partition coefficient (Wildman–Crippen LogP) is 4.51. The van der Waals surface area contributed by atoms with Gasteiger partial charge in [-0.15, -0.1) is 0 Å². The molecule has 0 saturated carbocycles. The van der Waals surface area contributed by atoms with Crippen molar-refractivity contribution >= 4 is 10.8 Å². The fourth-order valence-electron chi connectivity index (χ4n) is 2.53. The van der Waals surface area contributed by atoms with Gasteiger partial charge >= 0.3 is 11.8 Å². The molecule has 0 fully saturated rings. The van der Waals surface area contributed by atoms with Crippen molar-refractivity contribution in [3.05, 3.63) is 47.5 Å². The molecular formula is C14H10F4. The number of halogens is 4. The summed E-state index contributed by atoms with van der Waals surface area (Å²) in [5.41, 5.74) is -0.179. The number of benzene rings is 2. The van der Waals surface area contributed by atoms with Crippen LogP contribution >= 0.6 is 0 Å². The number of aryl methyl sites for hydroxylation is 1. The summed E-state index contributed by atoms with van der Waals surface area (Å²) in [5, 5.41) is 0.785. The summed E-state index contributed by atoms with van der Waals surface area (Å²) >= 11 is 0. The molecule has 0 spiro atoms. The Morgan fingerprint density at radius 3 is 2.39 bits per heavy atom. The molecule has 0 atom stereocenters. The molecule has 0 bridgehead atoms. The topological polar surface area (TPSA) is 0 Å². The number of hydrogen-bond donors (Lipinski definition) is 0. The minimum absolute atomic E-state index is 0.0112. The van der Waals surface area contributed by atoms with Crippen LogP contribution in [0.1, 0.15) is 17.5 Å². The standard InChI is InChI=1S/C14H10F4/c15-13(16)8-7-10-6-5-9-3-1-2-4-11(9)12(10)14(13,17)18/h1-6H,7-8H2. The number of hydrogen-bond acceptors (Lipinski definition) is 0. The molecule has 0 heterocycles. The van der Waals surface area contributed by atoms with Crippen molar-refractivity contribution in [2.75, 3.05) is 0 Å². The average Bonchev–Trinajstić information content (AvgIpc) is 2.34. The predicted molar refractivity (Wildman–Crippen MR) is 61.1 cm³/mol. The first-order chi connectivity index (χ1) is 8.43. The average molecular weight is 254 g/mol. The Kier molecular flexibility index (Phi) is 2.22. The maximum absolute atomic E-state index is 14.0. The van der Waals surface area contributed by atoms with Crippen LogP contribution in [-0.2, 0) is 12.3 Å². The molecule has 0 N–H and O–H groups in total. The van der Waals surface area contributed by atoms with Crippen molar-refractivity contribution in [3.8, 4) is 0 Å². The molecule has 0 amide bonds. The maximum Gasteiger partial charge on any atom is 0.336 e. The van der Waals surface area contributed by atoms with Gasteiger partial charge in [-0.25, -0.2) is 0 Å². The molecule has 1 aliphatic rings. The summed E-state index contributed by atoms with van der Waals surface area (Å²) in [6, 6.07) is 9.65. The lowest BCUT2D eigenvalue weighted by Crippen LogP contribution is -2.42. The first kappa shape index (κ1) is 11.5. The van der Waals surface area contributed by atoms with Crippen molar-refractivity contribution in [1.82, 2.24) is 0 Å². The molecule has 3 rings (SSSR count). The molecule has 4 heteroatoms. The Balaban J connectivity index is 2.39. The Bertz CT molecular complexity index is 616. The smallest absolute Gasteiger partial charge is 0.199 e. The first-order valence-electron chi connectivity index (χ1n) is 5.70. The van der Waals surface area contributed by atoms with Crippen LogP contribution in [0.25, 0.3) is 10.8 Å². The second-order valence-corrected chi connectivity index (χ2v) is 4.60. The fraction of sp³-hybridized carbons (Fsp3) is 0.286. The van der Waals surface area contributed by atoms with E-state index in [9.17, 15) is 17.6 Å². The largest absolute Gasteiger partial charge is 0.336 e. The summed E-state index contributed by atoms with van der Waals surface area (Å²) in [6.07, 6.45) is -0.811. The Hall–Kier alpha value is -1.58. The molecule has 1 aliphatic carbocycles. The highest BCUT2D eigenvalue weighted by Gasteiger charge is 2.60. The Labute approximate surface area is 101 Å². The van der Waals surface area contributed by atoms with Crippen LogP contribution in [-0.4, -0.2) is 5.92 Å². The van der Waals surface area contributed by atoms with Gasteiger partial charge in [-0.3, -0.25) is 0 Å². The molecular weight excluding hydrogens is 244 g/mol. The highest BCUT2D eigenvalue weighted by atomic mass is 19.3. The van der Waals surface area contributed by atoms with Gasteiger partial charge < -0.3 is 0 Å². The van der Waals surface area contributed by atoms with Gasteiger partial charge in [0.25, 0.3) is 0 Å². The van der Waals surface area contributed by atoms with E-state index in [1.165, 1.54) is 12.1 Å². The third kappa shape index (κ3) is 1.38. The minimum atomic E-state index is -4.10. The summed E-state index contributed by atoms with van der Waals surface area (Å²) in [7, 11) is 0. The van der Waals surface area contributed by atoms with E-state index in [1.807, 2.05) is 0 Å². The van der Waals surface area contributed by atoms with Gasteiger partial charge in [0.2, 0.25) is 0 Å². The van der Waals surface area contributed by atoms with E-state index >= 15 is 0 Å². The van der Waals surface area contributed by atoms with Crippen LogP contribution in [0.2, 0.25) is 0 Å². The zero-order chi connectivity index (χ0) is 13.0. The van der Waals surface area contributed by atoms with Crippen LogP contribution < -0.4 is 0 Å². The minimum Gasteiger partial charge on any atom is -0.199 e. The van der Waals surface area contributed by atoms with Crippen LogP contribution in [0, 0.1) is 0 Å². The van der Waals surface area contributed by atoms with Crippen molar-refractivity contribution in [2.45, 2.75) is 24.7 Å². The van der Waals surface area contributed by atoms with Crippen molar-refractivity contribution in [2.24, 2.45) is 0 Å². The highest BCUT2D eigenvalue weighted by Crippen LogP contribution is 2.52. The van der Waals surface area contributed by atoms with E-state index in [0.29, 0.717) is 10.9 Å². The van der Waals surface area contributed by atoms with Crippen LogP contribution in [0.3, 0.4) is 0 Å². The van der Waals surface area contributed by atoms with Crippen LogP contribution in [0.5, 0.6) is 0 Å². The molecule has 0 radical (unpaired) electrons. The first-order valence-corrected chi connectivity index (χ1v) is 5.70. The van der Waals surface area contributed by atoms with Crippen molar-refractivity contribution < 1.29 is 17.6 Å². The number of fused-ring (bicyclic) bond motifs is 3. The second-order valence-electron chi connectivity index (χ2n) is 4.60. The molecule has 0 nitrogen and oxygen atoms in total. The molecule has 0 aliphatic heterocycles. The lowest BCUT2D eigenvalue weighted by molar-refractivity contribution is -0.223. The fourth-order valence-corrected chi connectivity index (χ4v) is 2.53. The summed E-state index contributed by atoms with van der Waals surface area (Å²) in [5.74, 6) is -8.06. The Morgan fingerprint density at radius 2 is 1.61 bits per heavy atom. The molecule has 0 unspecified atom stereocenters. The third-order valence-electron chi connectivity index (χ3n) is 3.50. The van der Waals surface area contributed by atoms with Gasteiger partial charge in [-0.1, -0.05) is 36.4 Å². The van der Waals surface area contributed by atoms with Gasteiger partial charge in [-0.2, -0.15) is 17.6 Å². The van der Waals surface area contributed by atoms with E-state index in [1.54, 1.807) is 24.3 Å². The van der Waals surface area contributed by atoms with Gasteiger partial charge in [0.05, 0.1) is 0 Å². The molecule has 2 aromatic carbocycles. The normalized spacial score (nSPS) is 20.7. The molecule has 2 aromatic rings. The second kappa shape index (κ2) is 3.46. The zero-order valence-corrected chi connectivity index (χ0v) is 9.39. The SMILES string of the molecule is FC1(F)CCc2ccc3ccccc3c2C1(F)F. The lowest BCUT2D eigenvalue weighted by Gasteiger charge is -2.33. The quantitative estimate of drug-likeness (QED) is 0.607. The summed E-state index contributed by atoms with van der Waals surface area (Å²) < 4.78 is 54.8. The zero-order valence-electron chi connectivity index (χ0n) is 9.39. The molecule has 0 aromatic heterocycles. The highest BCUT2D eigenvalue weighted by molar-refractivity contribution is 5.87. The molecule has 94 valence electrons. The van der Waals surface area contributed by atoms with E-state index in [2.05, 4.69) is 0 Å². The third-order valence-corrected chi connectivity index (χ3v) is 3.50. The van der Waals surface area contributed by atoms with Crippen molar-refractivity contribution in [1.29, 1.82) is 0 Å². The lowest BCUT2D eigenvalue weighted by atomic mass is 9.83. The van der Waals surface area contributed by atoms with E-state index in [0.717, 1.165) is 0 Å². The van der Waals surface area contributed by atoms with E-state index in [4.69, 9.17) is 0 Å². The summed E-state index contributed by atoms with van der Waals surface area (Å²) in [6.45, 7) is 0. The maximum atomic E-state index is 14.0. The van der Waals surface area contributed by atoms with E-state index in [-0.39, 0.29) is 11.8 Å². The summed E-state index contributed by atoms with van der Waals surface area (Å²) in [4.78, 5) is 0.